The lowest BCUT2D eigenvalue weighted by Crippen LogP contribution is -2.28. The van der Waals surface area contributed by atoms with E-state index < -0.39 is 0 Å². The van der Waals surface area contributed by atoms with Crippen LogP contribution >= 0.6 is 27.3 Å². The summed E-state index contributed by atoms with van der Waals surface area (Å²) >= 11 is 4.60. The highest BCUT2D eigenvalue weighted by Crippen LogP contribution is 2.23. The maximum Gasteiger partial charge on any atom is 0.268 e. The van der Waals surface area contributed by atoms with Gasteiger partial charge in [0.15, 0.2) is 0 Å². The number of aromatic hydroxyl groups is 1. The minimum atomic E-state index is -0.364. The van der Waals surface area contributed by atoms with E-state index in [1.807, 2.05) is 0 Å². The molecule has 0 fully saturated rings. The first-order chi connectivity index (χ1) is 11.0. The number of thiophene rings is 1. The molecule has 3 rings (SSSR count). The molecule has 2 N–H and O–H groups in total. The van der Waals surface area contributed by atoms with Gasteiger partial charge in [0.05, 0.1) is 17.6 Å². The summed E-state index contributed by atoms with van der Waals surface area (Å²) in [6.45, 7) is 0.131. The largest absolute Gasteiger partial charge is 0.507 e. The topological polar surface area (TPSA) is 86.3 Å². The summed E-state index contributed by atoms with van der Waals surface area (Å²) in [7, 11) is 1.58. The highest BCUT2D eigenvalue weighted by molar-refractivity contribution is 9.10. The second-order valence-electron chi connectivity index (χ2n) is 4.97. The first-order valence-corrected chi connectivity index (χ1v) is 8.33. The molecular weight excluding hydrogens is 382 g/mol. The lowest BCUT2D eigenvalue weighted by Gasteiger charge is -2.17. The van der Waals surface area contributed by atoms with Gasteiger partial charge in [0.2, 0.25) is 0 Å². The molecule has 0 aliphatic heterocycles. The predicted molar refractivity (Wildman–Crippen MR) is 91.8 cm³/mol. The fraction of sp³-hybridized carbons (Fsp3) is 0.133. The first kappa shape index (κ1) is 15.7. The summed E-state index contributed by atoms with van der Waals surface area (Å²) in [5, 5.41) is 11.6. The van der Waals surface area contributed by atoms with Crippen LogP contribution in [-0.4, -0.2) is 32.9 Å². The van der Waals surface area contributed by atoms with E-state index >= 15 is 0 Å². The zero-order valence-electron chi connectivity index (χ0n) is 12.0. The molecule has 3 aromatic rings. The van der Waals surface area contributed by atoms with Crippen LogP contribution in [0.25, 0.3) is 10.2 Å². The number of hydrogen-bond acceptors (Lipinski definition) is 5. The second kappa shape index (κ2) is 6.13. The number of fused-ring (bicyclic) bond motifs is 1. The molecule has 118 valence electrons. The van der Waals surface area contributed by atoms with Crippen LogP contribution in [-0.2, 0) is 6.54 Å². The molecule has 0 unspecified atom stereocenters. The normalized spacial score (nSPS) is 10.9. The average molecular weight is 394 g/mol. The summed E-state index contributed by atoms with van der Waals surface area (Å²) in [5.41, 5.74) is 0.576. The smallest absolute Gasteiger partial charge is 0.268 e. The van der Waals surface area contributed by atoms with Gasteiger partial charge in [0.25, 0.3) is 11.5 Å². The van der Waals surface area contributed by atoms with Crippen LogP contribution in [0.1, 0.15) is 16.2 Å². The maximum absolute atomic E-state index is 12.4. The Balaban J connectivity index is 1.87. The summed E-state index contributed by atoms with van der Waals surface area (Å²) in [4.78, 5) is 32.8. The molecule has 0 saturated heterocycles. The molecule has 0 aliphatic rings. The van der Waals surface area contributed by atoms with Gasteiger partial charge in [-0.2, -0.15) is 0 Å². The van der Waals surface area contributed by atoms with Gasteiger partial charge in [-0.25, -0.2) is 4.98 Å². The molecule has 23 heavy (non-hydrogen) atoms. The monoisotopic (exact) mass is 393 g/mol. The van der Waals surface area contributed by atoms with Gasteiger partial charge in [-0.1, -0.05) is 15.9 Å². The third-order valence-electron chi connectivity index (χ3n) is 3.29. The van der Waals surface area contributed by atoms with Crippen molar-refractivity contribution in [3.63, 3.8) is 0 Å². The van der Waals surface area contributed by atoms with E-state index in [1.54, 1.807) is 30.6 Å². The molecule has 0 aliphatic carbocycles. The number of aromatic nitrogens is 2. The Bertz CT molecular complexity index is 951. The van der Waals surface area contributed by atoms with E-state index in [0.717, 1.165) is 0 Å². The van der Waals surface area contributed by atoms with E-state index in [1.165, 1.54) is 22.3 Å². The van der Waals surface area contributed by atoms with Crippen molar-refractivity contribution in [2.24, 2.45) is 0 Å². The molecule has 8 heteroatoms. The number of phenols is 1. The van der Waals surface area contributed by atoms with Gasteiger partial charge in [0.1, 0.15) is 16.3 Å². The minimum Gasteiger partial charge on any atom is -0.507 e. The average Bonchev–Trinajstić information content (AvgIpc) is 2.98. The Labute approximate surface area is 143 Å². The SMILES string of the molecule is CN(Cc1nc2ccsc2c(=O)[nH]1)C(=O)c1cc(Br)ccc1O. The Hall–Kier alpha value is -2.19. The lowest BCUT2D eigenvalue weighted by molar-refractivity contribution is 0.0778. The Morgan fingerprint density at radius 3 is 3.00 bits per heavy atom. The molecule has 1 aromatic carbocycles. The van der Waals surface area contributed by atoms with Crippen molar-refractivity contribution in [1.82, 2.24) is 14.9 Å². The Morgan fingerprint density at radius 2 is 2.22 bits per heavy atom. The third-order valence-corrected chi connectivity index (χ3v) is 4.68. The van der Waals surface area contributed by atoms with Crippen LogP contribution in [0.4, 0.5) is 0 Å². The number of nitrogens with one attached hydrogen (secondary N) is 1. The number of carbonyl (C=O) groups excluding carboxylic acids is 1. The highest BCUT2D eigenvalue weighted by atomic mass is 79.9. The Kier molecular flexibility index (Phi) is 4.18. The van der Waals surface area contributed by atoms with Crippen LogP contribution in [0.2, 0.25) is 0 Å². The maximum atomic E-state index is 12.4. The quantitative estimate of drug-likeness (QED) is 0.715. The van der Waals surface area contributed by atoms with Crippen molar-refractivity contribution in [2.45, 2.75) is 6.54 Å². The fourth-order valence-corrected chi connectivity index (χ4v) is 3.26. The van der Waals surface area contributed by atoms with Crippen molar-refractivity contribution in [1.29, 1.82) is 0 Å². The van der Waals surface area contributed by atoms with Crippen molar-refractivity contribution >= 4 is 43.4 Å². The zero-order chi connectivity index (χ0) is 16.6. The number of carbonyl (C=O) groups is 1. The van der Waals surface area contributed by atoms with Crippen molar-refractivity contribution < 1.29 is 9.90 Å². The second-order valence-corrected chi connectivity index (χ2v) is 6.80. The van der Waals surface area contributed by atoms with Crippen LogP contribution in [0.3, 0.4) is 0 Å². The molecular formula is C15H12BrN3O3S. The van der Waals surface area contributed by atoms with Crippen molar-refractivity contribution in [3.05, 3.63) is 55.9 Å². The van der Waals surface area contributed by atoms with Crippen LogP contribution in [0.15, 0.2) is 38.9 Å². The third kappa shape index (κ3) is 3.13. The summed E-state index contributed by atoms with van der Waals surface area (Å²) in [6, 6.07) is 6.41. The predicted octanol–water partition coefficient (Wildman–Crippen LogP) is 2.72. The number of nitrogens with zero attached hydrogens (tertiary/aromatic N) is 2. The van der Waals surface area contributed by atoms with Crippen LogP contribution in [0.5, 0.6) is 5.75 Å². The molecule has 0 spiro atoms. The van der Waals surface area contributed by atoms with Gasteiger partial charge in [0, 0.05) is 11.5 Å². The molecule has 6 nitrogen and oxygen atoms in total. The summed E-state index contributed by atoms with van der Waals surface area (Å²) in [5.74, 6) is -0.0668. The number of halogens is 1. The lowest BCUT2D eigenvalue weighted by atomic mass is 10.2. The van der Waals surface area contributed by atoms with Crippen LogP contribution in [0, 0.1) is 0 Å². The summed E-state index contributed by atoms with van der Waals surface area (Å²) < 4.78 is 1.26. The van der Waals surface area contributed by atoms with Crippen molar-refractivity contribution in [2.75, 3.05) is 7.05 Å². The van der Waals surface area contributed by atoms with Gasteiger partial charge in [-0.15, -0.1) is 11.3 Å². The molecule has 2 aromatic heterocycles. The molecule has 0 bridgehead atoms. The molecule has 2 heterocycles. The number of H-pyrrole nitrogens is 1. The van der Waals surface area contributed by atoms with Gasteiger partial charge < -0.3 is 15.0 Å². The highest BCUT2D eigenvalue weighted by Gasteiger charge is 2.17. The van der Waals surface area contributed by atoms with E-state index in [-0.39, 0.29) is 29.3 Å². The fourth-order valence-electron chi connectivity index (χ4n) is 2.18. The van der Waals surface area contributed by atoms with E-state index in [0.29, 0.717) is 20.5 Å². The van der Waals surface area contributed by atoms with E-state index in [9.17, 15) is 14.7 Å². The summed E-state index contributed by atoms with van der Waals surface area (Å²) in [6.07, 6.45) is 0. The van der Waals surface area contributed by atoms with Gasteiger partial charge in [-0.3, -0.25) is 9.59 Å². The molecule has 0 radical (unpaired) electrons. The number of amides is 1. The number of aromatic amines is 1. The van der Waals surface area contributed by atoms with Gasteiger partial charge >= 0.3 is 0 Å². The minimum absolute atomic E-state index is 0.0974. The molecule has 0 saturated carbocycles. The van der Waals surface area contributed by atoms with Gasteiger partial charge in [-0.05, 0) is 29.6 Å². The first-order valence-electron chi connectivity index (χ1n) is 6.66. The number of rotatable bonds is 3. The number of hydrogen-bond donors (Lipinski definition) is 2. The van der Waals surface area contributed by atoms with Crippen LogP contribution < -0.4 is 5.56 Å². The standard InChI is InChI=1S/C15H12BrN3O3S/c1-19(15(22)9-6-8(16)2-3-11(9)20)7-12-17-10-4-5-23-13(10)14(21)18-12/h2-6,20H,7H2,1H3,(H,17,18,21). The molecule has 1 amide bonds. The number of benzene rings is 1. The zero-order valence-corrected chi connectivity index (χ0v) is 14.4. The Morgan fingerprint density at radius 1 is 1.43 bits per heavy atom. The van der Waals surface area contributed by atoms with Crippen molar-refractivity contribution in [3.8, 4) is 5.75 Å². The van der Waals surface area contributed by atoms with E-state index in [2.05, 4.69) is 25.9 Å². The van der Waals surface area contributed by atoms with E-state index in [4.69, 9.17) is 0 Å². The number of phenolic OH excluding ortho intramolecular Hbond substituents is 1. The molecule has 0 atom stereocenters.